The summed E-state index contributed by atoms with van der Waals surface area (Å²) in [4.78, 5) is 12.7. The molecule has 0 aliphatic heterocycles. The molecule has 2 atom stereocenters. The molecule has 0 spiro atoms. The molecule has 4 heteroatoms. The molecule has 0 unspecified atom stereocenters. The number of carbonyl (C=O) groups excluding carboxylic acids is 1. The fourth-order valence-corrected chi connectivity index (χ4v) is 3.19. The van der Waals surface area contributed by atoms with E-state index in [1.54, 1.807) is 0 Å². The average molecular weight is 310 g/mol. The number of nitrogens with one attached hydrogen (secondary N) is 2. The van der Waals surface area contributed by atoms with Crippen LogP contribution in [-0.2, 0) is 12.8 Å². The van der Waals surface area contributed by atoms with Crippen molar-refractivity contribution in [2.45, 2.75) is 25.0 Å². The molecule has 0 saturated heterocycles. The highest BCUT2D eigenvalue weighted by Crippen LogP contribution is 2.31. The third-order valence-electron chi connectivity index (χ3n) is 4.40. The van der Waals surface area contributed by atoms with Crippen LogP contribution in [0, 0.1) is 0 Å². The third-order valence-corrected chi connectivity index (χ3v) is 4.40. The minimum absolute atomic E-state index is 0.127. The molecule has 1 aliphatic rings. The summed E-state index contributed by atoms with van der Waals surface area (Å²) in [6, 6.07) is 15.2. The molecular weight excluding hydrogens is 288 g/mol. The zero-order valence-electron chi connectivity index (χ0n) is 13.3. The molecule has 0 bridgehead atoms. The van der Waals surface area contributed by atoms with Gasteiger partial charge in [0.2, 0.25) is 0 Å². The van der Waals surface area contributed by atoms with Crippen LogP contribution in [0.4, 0.5) is 0 Å². The van der Waals surface area contributed by atoms with Crippen LogP contribution in [0.2, 0.25) is 0 Å². The van der Waals surface area contributed by atoms with Gasteiger partial charge in [0.05, 0.1) is 12.1 Å². The number of aliphatic hydroxyl groups excluding tert-OH is 1. The van der Waals surface area contributed by atoms with E-state index in [0.717, 1.165) is 29.7 Å². The number of aliphatic hydroxyl groups is 1. The van der Waals surface area contributed by atoms with Crippen molar-refractivity contribution in [3.8, 4) is 0 Å². The summed E-state index contributed by atoms with van der Waals surface area (Å²) in [5.74, 6) is -0.127. The quantitative estimate of drug-likeness (QED) is 0.790. The van der Waals surface area contributed by atoms with E-state index >= 15 is 0 Å². The van der Waals surface area contributed by atoms with Crippen LogP contribution in [-0.4, -0.2) is 30.7 Å². The molecule has 1 aliphatic carbocycles. The van der Waals surface area contributed by atoms with Gasteiger partial charge in [-0.15, -0.1) is 0 Å². The summed E-state index contributed by atoms with van der Waals surface area (Å²) in [5, 5.41) is 16.4. The van der Waals surface area contributed by atoms with E-state index in [1.165, 1.54) is 0 Å². The second-order valence-electron chi connectivity index (χ2n) is 5.93. The maximum atomic E-state index is 12.7. The molecule has 0 aromatic heterocycles. The molecule has 23 heavy (non-hydrogen) atoms. The monoisotopic (exact) mass is 310 g/mol. The molecule has 0 fully saturated rings. The fourth-order valence-electron chi connectivity index (χ4n) is 3.19. The van der Waals surface area contributed by atoms with Crippen LogP contribution in [0.1, 0.15) is 33.1 Å². The van der Waals surface area contributed by atoms with Crippen molar-refractivity contribution in [3.05, 3.63) is 70.8 Å². The molecule has 0 radical (unpaired) electrons. The second-order valence-corrected chi connectivity index (χ2v) is 5.93. The van der Waals surface area contributed by atoms with Crippen LogP contribution in [0.25, 0.3) is 0 Å². The molecule has 1 amide bonds. The summed E-state index contributed by atoms with van der Waals surface area (Å²) in [6.07, 6.45) is 0.813. The molecule has 2 aromatic carbocycles. The van der Waals surface area contributed by atoms with Gasteiger partial charge in [0.25, 0.3) is 5.91 Å². The largest absolute Gasteiger partial charge is 0.390 e. The van der Waals surface area contributed by atoms with Crippen LogP contribution in [0.15, 0.2) is 48.5 Å². The van der Waals surface area contributed by atoms with Crippen molar-refractivity contribution in [3.63, 3.8) is 0 Å². The summed E-state index contributed by atoms with van der Waals surface area (Å²) in [6.45, 7) is 0.819. The Kier molecular flexibility index (Phi) is 4.74. The lowest BCUT2D eigenvalue weighted by molar-refractivity contribution is 0.0857. The number of rotatable bonds is 5. The molecular formula is C19H22N2O2. The molecule has 3 rings (SSSR count). The summed E-state index contributed by atoms with van der Waals surface area (Å²) in [7, 11) is 1.90. The van der Waals surface area contributed by atoms with Crippen molar-refractivity contribution in [1.82, 2.24) is 10.6 Å². The Hall–Kier alpha value is -2.17. The first-order valence-corrected chi connectivity index (χ1v) is 8.00. The van der Waals surface area contributed by atoms with E-state index in [-0.39, 0.29) is 11.9 Å². The van der Waals surface area contributed by atoms with Crippen molar-refractivity contribution in [2.24, 2.45) is 0 Å². The van der Waals surface area contributed by atoms with Gasteiger partial charge >= 0.3 is 0 Å². The third kappa shape index (κ3) is 3.28. The zero-order chi connectivity index (χ0) is 16.2. The average Bonchev–Trinajstić information content (AvgIpc) is 2.89. The normalized spacial score (nSPS) is 19.4. The minimum atomic E-state index is -0.569. The number of benzene rings is 2. The minimum Gasteiger partial charge on any atom is -0.390 e. The highest BCUT2D eigenvalue weighted by Gasteiger charge is 2.32. The Morgan fingerprint density at radius 3 is 2.74 bits per heavy atom. The number of likely N-dealkylation sites (N-methyl/N-ethyl adjacent to an activating group) is 1. The first-order valence-electron chi connectivity index (χ1n) is 8.00. The van der Waals surface area contributed by atoms with Crippen LogP contribution in [0.3, 0.4) is 0 Å². The zero-order valence-corrected chi connectivity index (χ0v) is 13.3. The van der Waals surface area contributed by atoms with Crippen molar-refractivity contribution >= 4 is 5.91 Å². The van der Waals surface area contributed by atoms with E-state index in [4.69, 9.17) is 0 Å². The SMILES string of the molecule is CNCCc1ccccc1C(=O)N[C@H]1c2ccccc2C[C@H]1O. The van der Waals surface area contributed by atoms with E-state index < -0.39 is 6.10 Å². The molecule has 0 heterocycles. The number of amides is 1. The van der Waals surface area contributed by atoms with Crippen LogP contribution >= 0.6 is 0 Å². The van der Waals surface area contributed by atoms with E-state index in [9.17, 15) is 9.90 Å². The Labute approximate surface area is 136 Å². The van der Waals surface area contributed by atoms with Gasteiger partial charge in [0, 0.05) is 12.0 Å². The standard InChI is InChI=1S/C19H22N2O2/c1-20-11-10-13-6-2-5-9-16(13)19(23)21-18-15-8-4-3-7-14(15)12-17(18)22/h2-9,17-18,20,22H,10-12H2,1H3,(H,21,23)/t17-,18+/m1/s1. The van der Waals surface area contributed by atoms with Gasteiger partial charge in [-0.1, -0.05) is 42.5 Å². The van der Waals surface area contributed by atoms with Crippen LogP contribution < -0.4 is 10.6 Å². The highest BCUT2D eigenvalue weighted by atomic mass is 16.3. The first-order chi connectivity index (χ1) is 11.2. The molecule has 0 saturated carbocycles. The maximum Gasteiger partial charge on any atom is 0.252 e. The van der Waals surface area contributed by atoms with Crippen molar-refractivity contribution < 1.29 is 9.90 Å². The predicted molar refractivity (Wildman–Crippen MR) is 90.4 cm³/mol. The molecule has 4 nitrogen and oxygen atoms in total. The van der Waals surface area contributed by atoms with Gasteiger partial charge in [-0.3, -0.25) is 4.79 Å². The first kappa shape index (κ1) is 15.7. The van der Waals surface area contributed by atoms with Gasteiger partial charge in [0.1, 0.15) is 0 Å². The Bertz CT molecular complexity index is 699. The number of carbonyl (C=O) groups is 1. The summed E-state index contributed by atoms with van der Waals surface area (Å²) in [5.41, 5.74) is 3.81. The van der Waals surface area contributed by atoms with Crippen LogP contribution in [0.5, 0.6) is 0 Å². The summed E-state index contributed by atoms with van der Waals surface area (Å²) < 4.78 is 0. The Balaban J connectivity index is 1.80. The smallest absolute Gasteiger partial charge is 0.252 e. The van der Waals surface area contributed by atoms with E-state index in [0.29, 0.717) is 12.0 Å². The molecule has 120 valence electrons. The number of hydrogen-bond donors (Lipinski definition) is 3. The number of hydrogen-bond acceptors (Lipinski definition) is 3. The Morgan fingerprint density at radius 2 is 1.91 bits per heavy atom. The fraction of sp³-hybridized carbons (Fsp3) is 0.316. The highest BCUT2D eigenvalue weighted by molar-refractivity contribution is 5.96. The van der Waals surface area contributed by atoms with Gasteiger partial charge in [-0.2, -0.15) is 0 Å². The van der Waals surface area contributed by atoms with E-state index in [1.807, 2.05) is 55.6 Å². The van der Waals surface area contributed by atoms with Gasteiger partial charge in [-0.05, 0) is 42.8 Å². The van der Waals surface area contributed by atoms with Crippen molar-refractivity contribution in [2.75, 3.05) is 13.6 Å². The predicted octanol–water partition coefficient (Wildman–Crippen LogP) is 1.84. The Morgan fingerprint density at radius 1 is 1.17 bits per heavy atom. The molecule has 2 aromatic rings. The van der Waals surface area contributed by atoms with E-state index in [2.05, 4.69) is 10.6 Å². The molecule has 3 N–H and O–H groups in total. The topological polar surface area (TPSA) is 61.4 Å². The summed E-state index contributed by atoms with van der Waals surface area (Å²) >= 11 is 0. The van der Waals surface area contributed by atoms with Gasteiger partial charge < -0.3 is 15.7 Å². The second kappa shape index (κ2) is 6.94. The maximum absolute atomic E-state index is 12.7. The number of fused-ring (bicyclic) bond motifs is 1. The van der Waals surface area contributed by atoms with Crippen molar-refractivity contribution in [1.29, 1.82) is 0 Å². The van der Waals surface area contributed by atoms with Gasteiger partial charge in [-0.25, -0.2) is 0 Å². The lowest BCUT2D eigenvalue weighted by atomic mass is 10.0. The van der Waals surface area contributed by atoms with Gasteiger partial charge in [0.15, 0.2) is 0 Å². The lowest BCUT2D eigenvalue weighted by Crippen LogP contribution is -2.34. The lowest BCUT2D eigenvalue weighted by Gasteiger charge is -2.19.